The lowest BCUT2D eigenvalue weighted by Gasteiger charge is -2.37. The second-order valence-electron chi connectivity index (χ2n) is 7.61. The molecule has 2 atom stereocenters. The maximum atomic E-state index is 5.68. The molecule has 1 aliphatic rings. The number of piperidine rings is 1. The molecule has 0 aromatic rings. The highest BCUT2D eigenvalue weighted by atomic mass is 16.9. The van der Waals surface area contributed by atoms with E-state index in [4.69, 9.17) is 14.2 Å². The van der Waals surface area contributed by atoms with Crippen molar-refractivity contribution in [2.45, 2.75) is 89.9 Å². The van der Waals surface area contributed by atoms with Crippen LogP contribution >= 0.6 is 0 Å². The number of ether oxygens (including phenoxy) is 3. The molecule has 4 nitrogen and oxygen atoms in total. The largest absolute Gasteiger partial charge is 0.331 e. The fourth-order valence-electron chi connectivity index (χ4n) is 4.24. The van der Waals surface area contributed by atoms with Gasteiger partial charge in [-0.1, -0.05) is 51.9 Å². The molecule has 1 N–H and O–H groups in total. The highest BCUT2D eigenvalue weighted by Crippen LogP contribution is 2.33. The maximum absolute atomic E-state index is 5.68. The first-order chi connectivity index (χ1) is 12.2. The molecule has 1 heterocycles. The van der Waals surface area contributed by atoms with Gasteiger partial charge in [-0.25, -0.2) is 0 Å². The van der Waals surface area contributed by atoms with Gasteiger partial charge in [-0.3, -0.25) is 0 Å². The van der Waals surface area contributed by atoms with Crippen LogP contribution in [0.3, 0.4) is 0 Å². The Labute approximate surface area is 156 Å². The molecule has 0 aromatic heterocycles. The third-order valence-corrected chi connectivity index (χ3v) is 5.82. The average Bonchev–Trinajstić information content (AvgIpc) is 2.66. The van der Waals surface area contributed by atoms with Crippen molar-refractivity contribution in [1.29, 1.82) is 0 Å². The minimum absolute atomic E-state index is 0.301. The Morgan fingerprint density at radius 1 is 0.920 bits per heavy atom. The first kappa shape index (κ1) is 22.9. The Kier molecular flexibility index (Phi) is 12.8. The summed E-state index contributed by atoms with van der Waals surface area (Å²) < 4.78 is 17.0. The van der Waals surface area contributed by atoms with E-state index in [1.807, 2.05) is 0 Å². The van der Waals surface area contributed by atoms with E-state index in [0.29, 0.717) is 5.92 Å². The minimum Gasteiger partial charge on any atom is -0.331 e. The Bertz CT molecular complexity index is 293. The van der Waals surface area contributed by atoms with Gasteiger partial charge in [0, 0.05) is 27.2 Å². The Morgan fingerprint density at radius 3 is 2.16 bits per heavy atom. The number of rotatable bonds is 15. The number of unbranched alkanes of at least 4 members (excludes halogenated alkanes) is 5. The summed E-state index contributed by atoms with van der Waals surface area (Å²) in [4.78, 5) is 0. The highest BCUT2D eigenvalue weighted by molar-refractivity contribution is 4.74. The zero-order chi connectivity index (χ0) is 18.4. The number of hydrogen-bond donors (Lipinski definition) is 1. The topological polar surface area (TPSA) is 39.7 Å². The van der Waals surface area contributed by atoms with E-state index in [2.05, 4.69) is 12.2 Å². The zero-order valence-corrected chi connectivity index (χ0v) is 17.3. The van der Waals surface area contributed by atoms with Gasteiger partial charge in [0.15, 0.2) is 0 Å². The lowest BCUT2D eigenvalue weighted by molar-refractivity contribution is -0.380. The van der Waals surface area contributed by atoms with Crippen LogP contribution in [-0.2, 0) is 14.2 Å². The van der Waals surface area contributed by atoms with E-state index < -0.39 is 5.97 Å². The quantitative estimate of drug-likeness (QED) is 0.326. The van der Waals surface area contributed by atoms with Crippen LogP contribution in [0.5, 0.6) is 0 Å². The third kappa shape index (κ3) is 8.38. The van der Waals surface area contributed by atoms with Crippen LogP contribution in [0.1, 0.15) is 84.0 Å². The van der Waals surface area contributed by atoms with Gasteiger partial charge in [0.1, 0.15) is 0 Å². The SMILES string of the molecule is CCCCCCCCC(CCCC1CCCNC1)C(OC)(OC)OC. The molecule has 0 amide bonds. The van der Waals surface area contributed by atoms with Crippen LogP contribution in [0.4, 0.5) is 0 Å². The van der Waals surface area contributed by atoms with Gasteiger partial charge < -0.3 is 19.5 Å². The van der Waals surface area contributed by atoms with E-state index in [0.717, 1.165) is 18.8 Å². The summed E-state index contributed by atoms with van der Waals surface area (Å²) in [5.41, 5.74) is 0. The monoisotopic (exact) mass is 357 g/mol. The van der Waals surface area contributed by atoms with Crippen molar-refractivity contribution in [3.63, 3.8) is 0 Å². The van der Waals surface area contributed by atoms with Crippen molar-refractivity contribution < 1.29 is 14.2 Å². The molecule has 0 spiro atoms. The van der Waals surface area contributed by atoms with Crippen molar-refractivity contribution >= 4 is 0 Å². The van der Waals surface area contributed by atoms with Gasteiger partial charge in [0.05, 0.1) is 0 Å². The van der Waals surface area contributed by atoms with Crippen molar-refractivity contribution in [1.82, 2.24) is 5.32 Å². The molecule has 1 rings (SSSR count). The molecule has 4 heteroatoms. The lowest BCUT2D eigenvalue weighted by Crippen LogP contribution is -2.44. The standard InChI is InChI=1S/C21H43NO3/c1-5-6-7-8-9-10-15-20(21(23-2,24-3)25-4)16-11-13-19-14-12-17-22-18-19/h19-20,22H,5-18H2,1-4H3. The highest BCUT2D eigenvalue weighted by Gasteiger charge is 2.39. The molecule has 25 heavy (non-hydrogen) atoms. The van der Waals surface area contributed by atoms with Crippen LogP contribution < -0.4 is 5.32 Å². The van der Waals surface area contributed by atoms with Crippen molar-refractivity contribution in [2.24, 2.45) is 11.8 Å². The van der Waals surface area contributed by atoms with E-state index in [-0.39, 0.29) is 0 Å². The van der Waals surface area contributed by atoms with Crippen LogP contribution in [-0.4, -0.2) is 40.4 Å². The summed E-state index contributed by atoms with van der Waals surface area (Å²) in [7, 11) is 5.10. The van der Waals surface area contributed by atoms with Crippen LogP contribution in [0.15, 0.2) is 0 Å². The smallest absolute Gasteiger partial charge is 0.285 e. The molecule has 0 radical (unpaired) electrons. The number of hydrogen-bond acceptors (Lipinski definition) is 4. The predicted octanol–water partition coefficient (Wildman–Crippen LogP) is 5.12. The summed E-state index contributed by atoms with van der Waals surface area (Å²) in [5.74, 6) is 0.259. The summed E-state index contributed by atoms with van der Waals surface area (Å²) in [6.45, 7) is 4.64. The molecule has 1 saturated heterocycles. The maximum Gasteiger partial charge on any atom is 0.285 e. The predicted molar refractivity (Wildman–Crippen MR) is 105 cm³/mol. The molecular formula is C21H43NO3. The summed E-state index contributed by atoms with van der Waals surface area (Å²) in [5, 5.41) is 3.52. The van der Waals surface area contributed by atoms with Gasteiger partial charge in [-0.15, -0.1) is 0 Å². The van der Waals surface area contributed by atoms with Crippen molar-refractivity contribution in [3.8, 4) is 0 Å². The molecule has 0 saturated carbocycles. The Morgan fingerprint density at radius 2 is 1.56 bits per heavy atom. The fourth-order valence-corrected chi connectivity index (χ4v) is 4.24. The third-order valence-electron chi connectivity index (χ3n) is 5.82. The first-order valence-corrected chi connectivity index (χ1v) is 10.6. The molecule has 0 bridgehead atoms. The Hall–Kier alpha value is -0.160. The summed E-state index contributed by atoms with van der Waals surface area (Å²) in [6, 6.07) is 0. The van der Waals surface area contributed by atoms with Crippen LogP contribution in [0, 0.1) is 11.8 Å². The Balaban J connectivity index is 2.43. The number of nitrogens with one attached hydrogen (secondary N) is 1. The normalized spacial score (nSPS) is 19.9. The van der Waals surface area contributed by atoms with Gasteiger partial charge in [-0.2, -0.15) is 0 Å². The van der Waals surface area contributed by atoms with Crippen LogP contribution in [0.25, 0.3) is 0 Å². The average molecular weight is 358 g/mol. The molecule has 150 valence electrons. The second-order valence-corrected chi connectivity index (χ2v) is 7.61. The second kappa shape index (κ2) is 14.0. The van der Waals surface area contributed by atoms with Crippen LogP contribution in [0.2, 0.25) is 0 Å². The van der Waals surface area contributed by atoms with E-state index in [1.54, 1.807) is 21.3 Å². The number of methoxy groups -OCH3 is 3. The molecule has 2 unspecified atom stereocenters. The van der Waals surface area contributed by atoms with E-state index in [1.165, 1.54) is 77.3 Å². The molecule has 1 fully saturated rings. The first-order valence-electron chi connectivity index (χ1n) is 10.6. The molecule has 1 aliphatic heterocycles. The van der Waals surface area contributed by atoms with Gasteiger partial charge >= 0.3 is 0 Å². The molecular weight excluding hydrogens is 314 g/mol. The minimum atomic E-state index is -0.881. The van der Waals surface area contributed by atoms with E-state index >= 15 is 0 Å². The van der Waals surface area contributed by atoms with E-state index in [9.17, 15) is 0 Å². The fraction of sp³-hybridized carbons (Fsp3) is 1.00. The zero-order valence-electron chi connectivity index (χ0n) is 17.3. The van der Waals surface area contributed by atoms with Crippen molar-refractivity contribution in [2.75, 3.05) is 34.4 Å². The van der Waals surface area contributed by atoms with Crippen molar-refractivity contribution in [3.05, 3.63) is 0 Å². The van der Waals surface area contributed by atoms with Gasteiger partial charge in [0.2, 0.25) is 0 Å². The molecule has 0 aliphatic carbocycles. The molecule has 0 aromatic carbocycles. The summed E-state index contributed by atoms with van der Waals surface area (Å²) >= 11 is 0. The summed E-state index contributed by atoms with van der Waals surface area (Å²) in [6.07, 6.45) is 15.4. The van der Waals surface area contributed by atoms with Gasteiger partial charge in [0.25, 0.3) is 5.97 Å². The van der Waals surface area contributed by atoms with Gasteiger partial charge in [-0.05, 0) is 51.1 Å². The lowest BCUT2D eigenvalue weighted by atomic mass is 9.88.